The van der Waals surface area contributed by atoms with Gasteiger partial charge in [-0.05, 0) is 13.0 Å². The number of hydrogen-bond acceptors (Lipinski definition) is 4. The van der Waals surface area contributed by atoms with Crippen LogP contribution in [0.2, 0.25) is 0 Å². The number of carbonyl (C=O) groups excluding carboxylic acids is 1. The van der Waals surface area contributed by atoms with E-state index < -0.39 is 5.97 Å². The minimum absolute atomic E-state index is 0.391. The second-order valence-electron chi connectivity index (χ2n) is 2.90. The topological polar surface area (TPSA) is 67.9 Å². The molecular weight excluding hydrogens is 182 g/mol. The zero-order valence-corrected chi connectivity index (χ0v) is 7.87. The van der Waals surface area contributed by atoms with Crippen molar-refractivity contribution in [3.05, 3.63) is 23.8 Å². The molecule has 0 aromatic carbocycles. The number of aromatic nitrogens is 3. The third-order valence-electron chi connectivity index (χ3n) is 1.90. The van der Waals surface area contributed by atoms with Gasteiger partial charge in [0.05, 0.1) is 7.11 Å². The molecule has 2 heterocycles. The Balaban J connectivity index is 2.56. The van der Waals surface area contributed by atoms with Crippen LogP contribution >= 0.6 is 0 Å². The number of methoxy groups -OCH3 is 1. The second-order valence-corrected chi connectivity index (χ2v) is 2.90. The van der Waals surface area contributed by atoms with Gasteiger partial charge in [0, 0.05) is 11.6 Å². The van der Waals surface area contributed by atoms with Gasteiger partial charge < -0.3 is 9.72 Å². The Bertz CT molecular complexity index is 490. The van der Waals surface area contributed by atoms with Gasteiger partial charge in [-0.2, -0.15) is 0 Å². The van der Waals surface area contributed by atoms with Crippen LogP contribution in [0.15, 0.2) is 12.3 Å². The average Bonchev–Trinajstić information content (AvgIpc) is 2.59. The van der Waals surface area contributed by atoms with Crippen LogP contribution in [0.4, 0.5) is 0 Å². The maximum atomic E-state index is 11.2. The van der Waals surface area contributed by atoms with Gasteiger partial charge >= 0.3 is 5.97 Å². The van der Waals surface area contributed by atoms with Crippen molar-refractivity contribution in [1.29, 1.82) is 0 Å². The van der Waals surface area contributed by atoms with Gasteiger partial charge in [0.25, 0.3) is 0 Å². The maximum Gasteiger partial charge on any atom is 0.354 e. The molecule has 0 bridgehead atoms. The largest absolute Gasteiger partial charge is 0.464 e. The molecule has 2 aromatic heterocycles. The van der Waals surface area contributed by atoms with Crippen LogP contribution in [0, 0.1) is 6.92 Å². The number of carbonyl (C=O) groups is 1. The zero-order valence-electron chi connectivity index (χ0n) is 7.87. The number of nitrogens with one attached hydrogen (secondary N) is 1. The Hall–Kier alpha value is -1.91. The molecule has 5 heteroatoms. The number of esters is 1. The second kappa shape index (κ2) is 3.10. The SMILES string of the molecule is COC(=O)c1cc2cnc(C)nc2[nH]1. The summed E-state index contributed by atoms with van der Waals surface area (Å²) in [5.41, 5.74) is 1.04. The van der Waals surface area contributed by atoms with Crippen LogP contribution in [0.1, 0.15) is 16.3 Å². The van der Waals surface area contributed by atoms with Gasteiger partial charge in [-0.3, -0.25) is 0 Å². The molecule has 0 fully saturated rings. The van der Waals surface area contributed by atoms with E-state index in [1.54, 1.807) is 19.2 Å². The van der Waals surface area contributed by atoms with Crippen molar-refractivity contribution in [3.8, 4) is 0 Å². The van der Waals surface area contributed by atoms with Gasteiger partial charge in [-0.25, -0.2) is 14.8 Å². The van der Waals surface area contributed by atoms with Crippen LogP contribution in [0.5, 0.6) is 0 Å². The highest BCUT2D eigenvalue weighted by molar-refractivity contribution is 5.93. The standard InChI is InChI=1S/C9H9N3O2/c1-5-10-4-6-3-7(9(13)14-2)12-8(6)11-5/h3-4H,1-2H3,(H,10,11,12). The summed E-state index contributed by atoms with van der Waals surface area (Å²) in [7, 11) is 1.34. The molecule has 0 atom stereocenters. The lowest BCUT2D eigenvalue weighted by molar-refractivity contribution is 0.0595. The molecule has 72 valence electrons. The van der Waals surface area contributed by atoms with Crippen LogP contribution in [-0.2, 0) is 4.74 Å². The zero-order chi connectivity index (χ0) is 10.1. The quantitative estimate of drug-likeness (QED) is 0.684. The van der Waals surface area contributed by atoms with Crippen molar-refractivity contribution in [1.82, 2.24) is 15.0 Å². The van der Waals surface area contributed by atoms with Gasteiger partial charge in [0.1, 0.15) is 17.2 Å². The maximum absolute atomic E-state index is 11.2. The number of hydrogen-bond donors (Lipinski definition) is 1. The molecule has 5 nitrogen and oxygen atoms in total. The van der Waals surface area contributed by atoms with Gasteiger partial charge in [0.2, 0.25) is 0 Å². The van der Waals surface area contributed by atoms with Gasteiger partial charge in [-0.15, -0.1) is 0 Å². The van der Waals surface area contributed by atoms with Crippen LogP contribution in [-0.4, -0.2) is 28.0 Å². The summed E-state index contributed by atoms with van der Waals surface area (Å²) < 4.78 is 4.58. The van der Waals surface area contributed by atoms with E-state index in [1.807, 2.05) is 0 Å². The van der Waals surface area contributed by atoms with E-state index in [0.717, 1.165) is 5.39 Å². The first kappa shape index (κ1) is 8.68. The monoisotopic (exact) mass is 191 g/mol. The minimum atomic E-state index is -0.402. The lowest BCUT2D eigenvalue weighted by Crippen LogP contribution is -2.00. The summed E-state index contributed by atoms with van der Waals surface area (Å²) in [5.74, 6) is 0.261. The summed E-state index contributed by atoms with van der Waals surface area (Å²) in [6.07, 6.45) is 1.67. The number of ether oxygens (including phenoxy) is 1. The third-order valence-corrected chi connectivity index (χ3v) is 1.90. The Kier molecular flexibility index (Phi) is 1.92. The van der Waals surface area contributed by atoms with E-state index in [0.29, 0.717) is 17.2 Å². The first-order valence-electron chi connectivity index (χ1n) is 4.11. The summed E-state index contributed by atoms with van der Waals surface area (Å²) in [5, 5.41) is 0.802. The van der Waals surface area contributed by atoms with E-state index >= 15 is 0 Å². The first-order valence-corrected chi connectivity index (χ1v) is 4.11. The average molecular weight is 191 g/mol. The van der Waals surface area contributed by atoms with Crippen molar-refractivity contribution in [2.24, 2.45) is 0 Å². The molecule has 1 N–H and O–H groups in total. The Morgan fingerprint density at radius 1 is 1.57 bits per heavy atom. The van der Waals surface area contributed by atoms with Gasteiger partial charge in [0.15, 0.2) is 0 Å². The van der Waals surface area contributed by atoms with Crippen molar-refractivity contribution >= 4 is 17.0 Å². The number of fused-ring (bicyclic) bond motifs is 1. The van der Waals surface area contributed by atoms with Crippen molar-refractivity contribution in [2.75, 3.05) is 7.11 Å². The number of nitrogens with zero attached hydrogens (tertiary/aromatic N) is 2. The summed E-state index contributed by atoms with van der Waals surface area (Å²) in [4.78, 5) is 22.2. The molecule has 0 aliphatic heterocycles. The first-order chi connectivity index (χ1) is 6.70. The molecule has 0 saturated heterocycles. The number of aromatic amines is 1. The molecule has 0 aliphatic rings. The Morgan fingerprint density at radius 2 is 2.36 bits per heavy atom. The summed E-state index contributed by atoms with van der Waals surface area (Å²) >= 11 is 0. The summed E-state index contributed by atoms with van der Waals surface area (Å²) in [6.45, 7) is 1.79. The highest BCUT2D eigenvalue weighted by atomic mass is 16.5. The normalized spacial score (nSPS) is 10.4. The van der Waals surface area contributed by atoms with E-state index in [1.165, 1.54) is 7.11 Å². The Morgan fingerprint density at radius 3 is 3.07 bits per heavy atom. The van der Waals surface area contributed by atoms with Crippen molar-refractivity contribution in [2.45, 2.75) is 6.92 Å². The lowest BCUT2D eigenvalue weighted by atomic mass is 10.3. The molecule has 14 heavy (non-hydrogen) atoms. The molecule has 0 unspecified atom stereocenters. The fraction of sp³-hybridized carbons (Fsp3) is 0.222. The molecule has 2 rings (SSSR count). The van der Waals surface area contributed by atoms with Crippen molar-refractivity contribution in [3.63, 3.8) is 0 Å². The molecule has 0 saturated carbocycles. The minimum Gasteiger partial charge on any atom is -0.464 e. The van der Waals surface area contributed by atoms with E-state index in [2.05, 4.69) is 19.7 Å². The predicted molar refractivity (Wildman–Crippen MR) is 50.0 cm³/mol. The smallest absolute Gasteiger partial charge is 0.354 e. The lowest BCUT2D eigenvalue weighted by Gasteiger charge is -1.92. The molecule has 2 aromatic rings. The molecule has 0 spiro atoms. The molecular formula is C9H9N3O2. The predicted octanol–water partition coefficient (Wildman–Crippen LogP) is 1.05. The molecule has 0 aliphatic carbocycles. The van der Waals surface area contributed by atoms with E-state index in [-0.39, 0.29) is 0 Å². The van der Waals surface area contributed by atoms with Gasteiger partial charge in [-0.1, -0.05) is 0 Å². The van der Waals surface area contributed by atoms with Crippen LogP contribution in [0.25, 0.3) is 11.0 Å². The fourth-order valence-corrected chi connectivity index (χ4v) is 1.22. The van der Waals surface area contributed by atoms with Crippen LogP contribution < -0.4 is 0 Å². The Labute approximate surface area is 80.1 Å². The highest BCUT2D eigenvalue weighted by Crippen LogP contribution is 2.12. The fourth-order valence-electron chi connectivity index (χ4n) is 1.22. The number of H-pyrrole nitrogens is 1. The molecule has 0 amide bonds. The van der Waals surface area contributed by atoms with E-state index in [9.17, 15) is 4.79 Å². The number of rotatable bonds is 1. The summed E-state index contributed by atoms with van der Waals surface area (Å²) in [6, 6.07) is 1.67. The van der Waals surface area contributed by atoms with E-state index in [4.69, 9.17) is 0 Å². The molecule has 0 radical (unpaired) electrons. The number of aryl methyl sites for hydroxylation is 1. The highest BCUT2D eigenvalue weighted by Gasteiger charge is 2.09. The van der Waals surface area contributed by atoms with Crippen LogP contribution in [0.3, 0.4) is 0 Å². The third kappa shape index (κ3) is 1.32. The van der Waals surface area contributed by atoms with Crippen molar-refractivity contribution < 1.29 is 9.53 Å².